The number of nitro groups is 1. The Hall–Kier alpha value is -1.49. The van der Waals surface area contributed by atoms with Crippen LogP contribution >= 0.6 is 0 Å². The molecule has 0 aromatic carbocycles. The van der Waals surface area contributed by atoms with Crippen LogP contribution in [0.15, 0.2) is 18.3 Å². The molecular formula is C6H9N3O2. The molecule has 60 valence electrons. The predicted octanol–water partition coefficient (Wildman–Crippen LogP) is 1.46. The van der Waals surface area contributed by atoms with Gasteiger partial charge in [0.15, 0.2) is 0 Å². The molecule has 0 fully saturated rings. The number of hydrogen-bond acceptors (Lipinski definition) is 4. The van der Waals surface area contributed by atoms with Crippen LogP contribution in [0, 0.1) is 17.0 Å². The van der Waals surface area contributed by atoms with Gasteiger partial charge in [-0.2, -0.15) is 0 Å². The summed E-state index contributed by atoms with van der Waals surface area (Å²) < 4.78 is 0. The lowest BCUT2D eigenvalue weighted by Gasteiger charge is -1.89. The zero-order valence-electron chi connectivity index (χ0n) is 6.15. The molecule has 0 aliphatic carbocycles. The molecule has 5 heteroatoms. The predicted molar refractivity (Wildman–Crippen MR) is 40.7 cm³/mol. The topological polar surface area (TPSA) is 91.0 Å². The van der Waals surface area contributed by atoms with Crippen molar-refractivity contribution in [1.29, 1.82) is 0 Å². The van der Waals surface area contributed by atoms with E-state index in [9.17, 15) is 10.1 Å². The Balaban J connectivity index is 0.000001000. The number of rotatable bonds is 1. The summed E-state index contributed by atoms with van der Waals surface area (Å²) >= 11 is 0. The minimum atomic E-state index is -0.466. The highest BCUT2D eigenvalue weighted by Gasteiger charge is 2.01. The highest BCUT2D eigenvalue weighted by Crippen LogP contribution is 2.07. The first-order valence-electron chi connectivity index (χ1n) is 2.77. The Morgan fingerprint density at radius 1 is 1.55 bits per heavy atom. The molecule has 0 aliphatic heterocycles. The van der Waals surface area contributed by atoms with Crippen LogP contribution in [0.1, 0.15) is 5.69 Å². The third-order valence-corrected chi connectivity index (χ3v) is 1.11. The first kappa shape index (κ1) is 9.51. The van der Waals surface area contributed by atoms with Crippen molar-refractivity contribution in [3.63, 3.8) is 0 Å². The number of aryl methyl sites for hydroxylation is 1. The van der Waals surface area contributed by atoms with Crippen molar-refractivity contribution in [1.82, 2.24) is 11.1 Å². The SMILES string of the molecule is Cc1ccc([N+](=O)[O-])cn1.N. The summed E-state index contributed by atoms with van der Waals surface area (Å²) in [7, 11) is 0. The highest BCUT2D eigenvalue weighted by atomic mass is 16.6. The van der Waals surface area contributed by atoms with Gasteiger partial charge in [-0.15, -0.1) is 0 Å². The lowest BCUT2D eigenvalue weighted by molar-refractivity contribution is -0.385. The molecule has 11 heavy (non-hydrogen) atoms. The van der Waals surface area contributed by atoms with Crippen LogP contribution < -0.4 is 6.15 Å². The number of hydrogen-bond donors (Lipinski definition) is 1. The van der Waals surface area contributed by atoms with Crippen LogP contribution in [0.2, 0.25) is 0 Å². The van der Waals surface area contributed by atoms with Crippen molar-refractivity contribution < 1.29 is 4.92 Å². The van der Waals surface area contributed by atoms with Gasteiger partial charge in [0.05, 0.1) is 4.92 Å². The largest absolute Gasteiger partial charge is 0.344 e. The molecular weight excluding hydrogens is 146 g/mol. The molecule has 0 saturated heterocycles. The molecule has 0 saturated carbocycles. The molecule has 3 N–H and O–H groups in total. The molecule has 0 bridgehead atoms. The molecule has 0 unspecified atom stereocenters. The Morgan fingerprint density at radius 2 is 2.18 bits per heavy atom. The van der Waals surface area contributed by atoms with Gasteiger partial charge in [-0.3, -0.25) is 15.1 Å². The van der Waals surface area contributed by atoms with E-state index in [0.717, 1.165) is 5.69 Å². The van der Waals surface area contributed by atoms with Crippen LogP contribution in [0.3, 0.4) is 0 Å². The molecule has 0 radical (unpaired) electrons. The van der Waals surface area contributed by atoms with Gasteiger partial charge in [0.2, 0.25) is 0 Å². The van der Waals surface area contributed by atoms with E-state index in [0.29, 0.717) is 0 Å². The van der Waals surface area contributed by atoms with E-state index >= 15 is 0 Å². The van der Waals surface area contributed by atoms with Gasteiger partial charge < -0.3 is 6.15 Å². The van der Waals surface area contributed by atoms with E-state index in [1.54, 1.807) is 13.0 Å². The second kappa shape index (κ2) is 3.62. The molecule has 0 atom stereocenters. The number of aromatic nitrogens is 1. The molecule has 5 nitrogen and oxygen atoms in total. The lowest BCUT2D eigenvalue weighted by Crippen LogP contribution is -1.88. The molecule has 0 aliphatic rings. The first-order valence-corrected chi connectivity index (χ1v) is 2.77. The van der Waals surface area contributed by atoms with Crippen LogP contribution in [-0.4, -0.2) is 9.91 Å². The molecule has 1 rings (SSSR count). The van der Waals surface area contributed by atoms with Crippen molar-refractivity contribution in [2.24, 2.45) is 0 Å². The quantitative estimate of drug-likeness (QED) is 0.490. The average molecular weight is 155 g/mol. The lowest BCUT2D eigenvalue weighted by atomic mass is 10.3. The van der Waals surface area contributed by atoms with E-state index in [1.165, 1.54) is 12.3 Å². The zero-order valence-corrected chi connectivity index (χ0v) is 6.15. The Kier molecular flexibility index (Phi) is 3.13. The van der Waals surface area contributed by atoms with E-state index < -0.39 is 4.92 Å². The minimum Gasteiger partial charge on any atom is -0.344 e. The van der Waals surface area contributed by atoms with Gasteiger partial charge in [0.25, 0.3) is 5.69 Å². The fraction of sp³-hybridized carbons (Fsp3) is 0.167. The second-order valence-electron chi connectivity index (χ2n) is 1.91. The Labute approximate surface area is 63.8 Å². The molecule has 1 aromatic rings. The van der Waals surface area contributed by atoms with Crippen LogP contribution in [0.4, 0.5) is 5.69 Å². The maximum atomic E-state index is 10.1. The molecule has 0 spiro atoms. The molecule has 1 heterocycles. The fourth-order valence-corrected chi connectivity index (χ4v) is 0.568. The Morgan fingerprint density at radius 3 is 2.55 bits per heavy atom. The van der Waals surface area contributed by atoms with E-state index in [1.807, 2.05) is 0 Å². The van der Waals surface area contributed by atoms with Crippen molar-refractivity contribution in [2.45, 2.75) is 6.92 Å². The van der Waals surface area contributed by atoms with E-state index in [2.05, 4.69) is 4.98 Å². The maximum Gasteiger partial charge on any atom is 0.287 e. The summed E-state index contributed by atoms with van der Waals surface area (Å²) in [6, 6.07) is 3.04. The third-order valence-electron chi connectivity index (χ3n) is 1.11. The van der Waals surface area contributed by atoms with Crippen molar-refractivity contribution in [3.8, 4) is 0 Å². The fourth-order valence-electron chi connectivity index (χ4n) is 0.568. The molecule has 0 amide bonds. The van der Waals surface area contributed by atoms with Gasteiger partial charge in [0, 0.05) is 11.8 Å². The van der Waals surface area contributed by atoms with E-state index in [-0.39, 0.29) is 11.8 Å². The summed E-state index contributed by atoms with van der Waals surface area (Å²) in [5.41, 5.74) is 0.816. The van der Waals surface area contributed by atoms with Crippen molar-refractivity contribution >= 4 is 5.69 Å². The maximum absolute atomic E-state index is 10.1. The van der Waals surface area contributed by atoms with Crippen molar-refractivity contribution in [3.05, 3.63) is 34.1 Å². The summed E-state index contributed by atoms with van der Waals surface area (Å²) in [6.45, 7) is 1.78. The summed E-state index contributed by atoms with van der Waals surface area (Å²) in [5.74, 6) is 0. The summed E-state index contributed by atoms with van der Waals surface area (Å²) in [5, 5.41) is 10.1. The number of nitrogens with zero attached hydrogens (tertiary/aromatic N) is 2. The van der Waals surface area contributed by atoms with Crippen LogP contribution in [-0.2, 0) is 0 Å². The Bertz CT molecular complexity index is 245. The summed E-state index contributed by atoms with van der Waals surface area (Å²) in [6.07, 6.45) is 1.25. The van der Waals surface area contributed by atoms with Gasteiger partial charge in [-0.05, 0) is 13.0 Å². The third kappa shape index (κ3) is 2.30. The monoisotopic (exact) mass is 155 g/mol. The van der Waals surface area contributed by atoms with Gasteiger partial charge in [-0.25, -0.2) is 0 Å². The second-order valence-corrected chi connectivity index (χ2v) is 1.91. The van der Waals surface area contributed by atoms with Gasteiger partial charge in [0.1, 0.15) is 6.20 Å². The normalized spacial score (nSPS) is 8.45. The standard InChI is InChI=1S/C6H6N2O2.H3N/c1-5-2-3-6(4-7-5)8(9)10;/h2-4H,1H3;1H3. The number of pyridine rings is 1. The van der Waals surface area contributed by atoms with Gasteiger partial charge in [-0.1, -0.05) is 0 Å². The first-order chi connectivity index (χ1) is 4.70. The van der Waals surface area contributed by atoms with E-state index in [4.69, 9.17) is 0 Å². The van der Waals surface area contributed by atoms with Crippen LogP contribution in [0.25, 0.3) is 0 Å². The summed E-state index contributed by atoms with van der Waals surface area (Å²) in [4.78, 5) is 13.4. The smallest absolute Gasteiger partial charge is 0.287 e. The zero-order chi connectivity index (χ0) is 7.56. The van der Waals surface area contributed by atoms with Crippen molar-refractivity contribution in [2.75, 3.05) is 0 Å². The minimum absolute atomic E-state index is 0. The average Bonchev–Trinajstić information content (AvgIpc) is 1.88. The van der Waals surface area contributed by atoms with Crippen LogP contribution in [0.5, 0.6) is 0 Å². The highest BCUT2D eigenvalue weighted by molar-refractivity contribution is 5.26. The van der Waals surface area contributed by atoms with Gasteiger partial charge >= 0.3 is 0 Å². The molecule has 1 aromatic heterocycles.